The predicted molar refractivity (Wildman–Crippen MR) is 63.8 cm³/mol. The van der Waals surface area contributed by atoms with Crippen LogP contribution in [0.4, 0.5) is 0 Å². The molecule has 15 heavy (non-hydrogen) atoms. The second-order valence-electron chi connectivity index (χ2n) is 3.88. The molecular weight excluding hydrogens is 184 g/mol. The van der Waals surface area contributed by atoms with Crippen molar-refractivity contribution in [1.29, 1.82) is 0 Å². The summed E-state index contributed by atoms with van der Waals surface area (Å²) in [6.07, 6.45) is 2.04. The topological polar surface area (TPSA) is 15.3 Å². The zero-order chi connectivity index (χ0) is 10.5. The van der Waals surface area contributed by atoms with Crippen molar-refractivity contribution in [2.75, 3.05) is 26.2 Å². The highest BCUT2D eigenvalue weighted by Gasteiger charge is 2.18. The van der Waals surface area contributed by atoms with Crippen LogP contribution in [-0.4, -0.2) is 31.1 Å². The van der Waals surface area contributed by atoms with E-state index in [1.807, 2.05) is 6.08 Å². The average Bonchev–Trinajstić information content (AvgIpc) is 2.33. The molecule has 1 N–H and O–H groups in total. The molecule has 0 spiro atoms. The van der Waals surface area contributed by atoms with Crippen LogP contribution in [0.3, 0.4) is 0 Å². The van der Waals surface area contributed by atoms with Gasteiger partial charge < -0.3 is 5.32 Å². The standard InChI is InChI=1S/C13H18N2/c1-2-13(12-6-4-3-5-7-12)15-10-8-14-9-11-15/h2-7,13-14H,1,8-11H2/t13-/m0/s1. The van der Waals surface area contributed by atoms with Gasteiger partial charge in [0.1, 0.15) is 0 Å². The molecule has 1 aromatic rings. The Bertz CT molecular complexity index is 302. The first-order chi connectivity index (χ1) is 7.42. The second-order valence-corrected chi connectivity index (χ2v) is 3.88. The fraction of sp³-hybridized carbons (Fsp3) is 0.385. The van der Waals surface area contributed by atoms with Crippen molar-refractivity contribution >= 4 is 0 Å². The number of piperazine rings is 1. The Balaban J connectivity index is 2.12. The molecular formula is C13H18N2. The van der Waals surface area contributed by atoms with Crippen LogP contribution in [0, 0.1) is 0 Å². The van der Waals surface area contributed by atoms with Gasteiger partial charge in [0.15, 0.2) is 0 Å². The number of nitrogens with one attached hydrogen (secondary N) is 1. The molecule has 2 rings (SSSR count). The first-order valence-electron chi connectivity index (χ1n) is 5.54. The van der Waals surface area contributed by atoms with E-state index in [2.05, 4.69) is 47.1 Å². The molecule has 1 aliphatic rings. The molecule has 1 aliphatic heterocycles. The van der Waals surface area contributed by atoms with Gasteiger partial charge in [0.05, 0.1) is 6.04 Å². The Hall–Kier alpha value is -1.12. The third-order valence-electron chi connectivity index (χ3n) is 2.91. The van der Waals surface area contributed by atoms with E-state index in [9.17, 15) is 0 Å². The molecule has 1 fully saturated rings. The first kappa shape index (κ1) is 10.4. The minimum absolute atomic E-state index is 0.369. The fourth-order valence-corrected chi connectivity index (χ4v) is 2.11. The van der Waals surface area contributed by atoms with Crippen molar-refractivity contribution in [3.8, 4) is 0 Å². The molecule has 2 nitrogen and oxygen atoms in total. The van der Waals surface area contributed by atoms with E-state index in [0.29, 0.717) is 6.04 Å². The van der Waals surface area contributed by atoms with Crippen molar-refractivity contribution in [2.24, 2.45) is 0 Å². The Morgan fingerprint density at radius 2 is 1.87 bits per heavy atom. The predicted octanol–water partition coefficient (Wildman–Crippen LogP) is 1.82. The highest BCUT2D eigenvalue weighted by molar-refractivity contribution is 5.22. The van der Waals surface area contributed by atoms with Gasteiger partial charge in [-0.25, -0.2) is 0 Å². The van der Waals surface area contributed by atoms with Crippen LogP contribution in [0.15, 0.2) is 43.0 Å². The van der Waals surface area contributed by atoms with Crippen molar-refractivity contribution in [3.05, 3.63) is 48.6 Å². The van der Waals surface area contributed by atoms with Crippen LogP contribution >= 0.6 is 0 Å². The van der Waals surface area contributed by atoms with Gasteiger partial charge in [-0.1, -0.05) is 36.4 Å². The highest BCUT2D eigenvalue weighted by atomic mass is 15.2. The fourth-order valence-electron chi connectivity index (χ4n) is 2.11. The minimum atomic E-state index is 0.369. The Morgan fingerprint density at radius 3 is 2.47 bits per heavy atom. The van der Waals surface area contributed by atoms with Gasteiger partial charge in [0, 0.05) is 26.2 Å². The third kappa shape index (κ3) is 2.46. The molecule has 0 aliphatic carbocycles. The minimum Gasteiger partial charge on any atom is -0.314 e. The number of hydrogen-bond donors (Lipinski definition) is 1. The van der Waals surface area contributed by atoms with Gasteiger partial charge in [-0.05, 0) is 5.56 Å². The lowest BCUT2D eigenvalue weighted by Gasteiger charge is -2.33. The van der Waals surface area contributed by atoms with Crippen molar-refractivity contribution in [1.82, 2.24) is 10.2 Å². The molecule has 1 atom stereocenters. The Labute approximate surface area is 91.6 Å². The molecule has 0 saturated carbocycles. The lowest BCUT2D eigenvalue weighted by Crippen LogP contribution is -2.44. The molecule has 0 aromatic heterocycles. The molecule has 1 saturated heterocycles. The van der Waals surface area contributed by atoms with E-state index in [0.717, 1.165) is 26.2 Å². The van der Waals surface area contributed by atoms with Crippen molar-refractivity contribution < 1.29 is 0 Å². The van der Waals surface area contributed by atoms with Crippen LogP contribution in [0.5, 0.6) is 0 Å². The Morgan fingerprint density at radius 1 is 1.20 bits per heavy atom. The number of hydrogen-bond acceptors (Lipinski definition) is 2. The van der Waals surface area contributed by atoms with E-state index >= 15 is 0 Å². The summed E-state index contributed by atoms with van der Waals surface area (Å²) in [5.41, 5.74) is 1.34. The summed E-state index contributed by atoms with van der Waals surface area (Å²) in [5, 5.41) is 3.37. The highest BCUT2D eigenvalue weighted by Crippen LogP contribution is 2.21. The van der Waals surface area contributed by atoms with Gasteiger partial charge in [0.25, 0.3) is 0 Å². The van der Waals surface area contributed by atoms with E-state index in [1.54, 1.807) is 0 Å². The molecule has 80 valence electrons. The third-order valence-corrected chi connectivity index (χ3v) is 2.91. The van der Waals surface area contributed by atoms with Crippen LogP contribution in [0.25, 0.3) is 0 Å². The molecule has 0 unspecified atom stereocenters. The zero-order valence-corrected chi connectivity index (χ0v) is 9.02. The zero-order valence-electron chi connectivity index (χ0n) is 9.02. The maximum atomic E-state index is 3.95. The lowest BCUT2D eigenvalue weighted by molar-refractivity contribution is 0.203. The van der Waals surface area contributed by atoms with Gasteiger partial charge in [-0.2, -0.15) is 0 Å². The van der Waals surface area contributed by atoms with Crippen LogP contribution in [0.1, 0.15) is 11.6 Å². The molecule has 0 radical (unpaired) electrons. The van der Waals surface area contributed by atoms with E-state index in [1.165, 1.54) is 5.56 Å². The second kappa shape index (κ2) is 5.10. The largest absolute Gasteiger partial charge is 0.314 e. The van der Waals surface area contributed by atoms with Crippen LogP contribution in [0.2, 0.25) is 0 Å². The summed E-state index contributed by atoms with van der Waals surface area (Å²) in [6.45, 7) is 8.32. The summed E-state index contributed by atoms with van der Waals surface area (Å²) >= 11 is 0. The van der Waals surface area contributed by atoms with Crippen LogP contribution < -0.4 is 5.32 Å². The number of nitrogens with zero attached hydrogens (tertiary/aromatic N) is 1. The van der Waals surface area contributed by atoms with Gasteiger partial charge in [-0.3, -0.25) is 4.90 Å². The van der Waals surface area contributed by atoms with Gasteiger partial charge >= 0.3 is 0 Å². The van der Waals surface area contributed by atoms with E-state index < -0.39 is 0 Å². The van der Waals surface area contributed by atoms with E-state index in [-0.39, 0.29) is 0 Å². The maximum Gasteiger partial charge on any atom is 0.0529 e. The Kier molecular flexibility index (Phi) is 3.54. The quantitative estimate of drug-likeness (QED) is 0.752. The van der Waals surface area contributed by atoms with Gasteiger partial charge in [-0.15, -0.1) is 6.58 Å². The van der Waals surface area contributed by atoms with Crippen LogP contribution in [-0.2, 0) is 0 Å². The molecule has 2 heteroatoms. The lowest BCUT2D eigenvalue weighted by atomic mass is 10.0. The summed E-state index contributed by atoms with van der Waals surface area (Å²) in [7, 11) is 0. The maximum absolute atomic E-state index is 3.95. The normalized spacial score (nSPS) is 19.7. The average molecular weight is 202 g/mol. The van der Waals surface area contributed by atoms with Crippen molar-refractivity contribution in [2.45, 2.75) is 6.04 Å². The number of benzene rings is 1. The first-order valence-corrected chi connectivity index (χ1v) is 5.54. The molecule has 1 heterocycles. The smallest absolute Gasteiger partial charge is 0.0529 e. The summed E-state index contributed by atoms with van der Waals surface area (Å²) in [4.78, 5) is 2.47. The summed E-state index contributed by atoms with van der Waals surface area (Å²) in [6, 6.07) is 11.0. The SMILES string of the molecule is C=C[C@@H](c1ccccc1)N1CCNCC1. The van der Waals surface area contributed by atoms with E-state index in [4.69, 9.17) is 0 Å². The molecule has 1 aromatic carbocycles. The number of rotatable bonds is 3. The molecule has 0 bridgehead atoms. The molecule has 0 amide bonds. The summed E-state index contributed by atoms with van der Waals surface area (Å²) in [5.74, 6) is 0. The summed E-state index contributed by atoms with van der Waals surface area (Å²) < 4.78 is 0. The van der Waals surface area contributed by atoms with Crippen molar-refractivity contribution in [3.63, 3.8) is 0 Å². The van der Waals surface area contributed by atoms with Gasteiger partial charge in [0.2, 0.25) is 0 Å². The monoisotopic (exact) mass is 202 g/mol.